The maximum absolute atomic E-state index is 9.35. The molecule has 1 aromatic carbocycles. The number of aliphatic hydroxyl groups excluding tert-OH is 1. The maximum atomic E-state index is 9.35. The zero-order chi connectivity index (χ0) is 14.1. The van der Waals surface area contributed by atoms with Gasteiger partial charge in [-0.1, -0.05) is 32.4 Å². The van der Waals surface area contributed by atoms with Gasteiger partial charge in [0.1, 0.15) is 5.75 Å². The predicted octanol–water partition coefficient (Wildman–Crippen LogP) is 3.12. The summed E-state index contributed by atoms with van der Waals surface area (Å²) in [6, 6.07) is 8.16. The largest absolute Gasteiger partial charge is 0.494 e. The fraction of sp³-hybridized carbons (Fsp3) is 0.625. The molecule has 2 N–H and O–H groups in total. The van der Waals surface area contributed by atoms with Crippen LogP contribution in [0.4, 0.5) is 0 Å². The van der Waals surface area contributed by atoms with Crippen LogP contribution in [0.25, 0.3) is 0 Å². The van der Waals surface area contributed by atoms with E-state index in [4.69, 9.17) is 4.74 Å². The molecule has 3 heteroatoms. The van der Waals surface area contributed by atoms with E-state index in [-0.39, 0.29) is 12.1 Å². The van der Waals surface area contributed by atoms with Crippen LogP contribution in [-0.2, 0) is 6.54 Å². The maximum Gasteiger partial charge on any atom is 0.119 e. The number of aliphatic hydroxyl groups is 1. The lowest BCUT2D eigenvalue weighted by Crippen LogP contribution is -2.44. The first-order valence-electron chi connectivity index (χ1n) is 7.21. The fourth-order valence-electron chi connectivity index (χ4n) is 1.65. The van der Waals surface area contributed by atoms with E-state index >= 15 is 0 Å². The first-order chi connectivity index (χ1) is 9.13. The summed E-state index contributed by atoms with van der Waals surface area (Å²) < 4.78 is 5.63. The summed E-state index contributed by atoms with van der Waals surface area (Å²) in [4.78, 5) is 0. The second-order valence-electron chi connectivity index (χ2n) is 5.27. The fourth-order valence-corrected chi connectivity index (χ4v) is 1.65. The first-order valence-corrected chi connectivity index (χ1v) is 7.21. The van der Waals surface area contributed by atoms with Crippen molar-refractivity contribution in [2.75, 3.05) is 13.2 Å². The monoisotopic (exact) mass is 265 g/mol. The minimum Gasteiger partial charge on any atom is -0.494 e. The van der Waals surface area contributed by atoms with Gasteiger partial charge in [-0.05, 0) is 37.5 Å². The average molecular weight is 265 g/mol. The molecular formula is C16H27NO2. The molecule has 0 aliphatic heterocycles. The van der Waals surface area contributed by atoms with Gasteiger partial charge >= 0.3 is 0 Å². The molecule has 0 bridgehead atoms. The highest BCUT2D eigenvalue weighted by Crippen LogP contribution is 2.14. The first kappa shape index (κ1) is 16.0. The van der Waals surface area contributed by atoms with E-state index in [0.717, 1.165) is 38.2 Å². The van der Waals surface area contributed by atoms with Crippen molar-refractivity contribution in [3.8, 4) is 5.75 Å². The van der Waals surface area contributed by atoms with E-state index in [0.29, 0.717) is 0 Å². The second kappa shape index (κ2) is 8.18. The molecule has 19 heavy (non-hydrogen) atoms. The Morgan fingerprint density at radius 2 is 1.89 bits per heavy atom. The quantitative estimate of drug-likeness (QED) is 0.674. The van der Waals surface area contributed by atoms with Gasteiger partial charge in [0.15, 0.2) is 0 Å². The highest BCUT2D eigenvalue weighted by atomic mass is 16.5. The summed E-state index contributed by atoms with van der Waals surface area (Å²) in [7, 11) is 0. The van der Waals surface area contributed by atoms with Crippen LogP contribution in [0.1, 0.15) is 45.6 Å². The molecule has 0 saturated carbocycles. The Morgan fingerprint density at radius 3 is 2.42 bits per heavy atom. The number of ether oxygens (including phenoxy) is 1. The number of benzene rings is 1. The zero-order valence-corrected chi connectivity index (χ0v) is 12.4. The van der Waals surface area contributed by atoms with Gasteiger partial charge in [0, 0.05) is 12.1 Å². The molecule has 0 fully saturated rings. The zero-order valence-electron chi connectivity index (χ0n) is 12.4. The minimum atomic E-state index is -0.198. The van der Waals surface area contributed by atoms with Crippen LogP contribution in [0.2, 0.25) is 0 Å². The van der Waals surface area contributed by atoms with Crippen molar-refractivity contribution in [3.63, 3.8) is 0 Å². The summed E-state index contributed by atoms with van der Waals surface area (Å²) in [5, 5.41) is 12.7. The molecule has 0 aromatic heterocycles. The van der Waals surface area contributed by atoms with Gasteiger partial charge < -0.3 is 15.2 Å². The van der Waals surface area contributed by atoms with Gasteiger partial charge in [-0.2, -0.15) is 0 Å². The topological polar surface area (TPSA) is 41.5 Å². The minimum absolute atomic E-state index is 0.154. The summed E-state index contributed by atoms with van der Waals surface area (Å²) in [5.41, 5.74) is 1.01. The van der Waals surface area contributed by atoms with Crippen LogP contribution < -0.4 is 10.1 Å². The van der Waals surface area contributed by atoms with E-state index in [1.165, 1.54) is 5.56 Å². The Balaban J connectivity index is 2.43. The third-order valence-corrected chi connectivity index (χ3v) is 3.54. The van der Waals surface area contributed by atoms with Gasteiger partial charge in [-0.25, -0.2) is 0 Å². The van der Waals surface area contributed by atoms with Crippen LogP contribution in [0.5, 0.6) is 5.75 Å². The van der Waals surface area contributed by atoms with Gasteiger partial charge in [0.2, 0.25) is 0 Å². The highest BCUT2D eigenvalue weighted by molar-refractivity contribution is 5.27. The second-order valence-corrected chi connectivity index (χ2v) is 5.27. The van der Waals surface area contributed by atoms with Crippen LogP contribution in [0.15, 0.2) is 24.3 Å². The molecule has 1 unspecified atom stereocenters. The van der Waals surface area contributed by atoms with Gasteiger partial charge in [-0.15, -0.1) is 0 Å². The molecule has 0 aliphatic rings. The number of hydrogen-bond donors (Lipinski definition) is 2. The number of nitrogens with one attached hydrogen (secondary N) is 1. The molecule has 0 aliphatic carbocycles. The number of unbranched alkanes of at least 4 members (excludes halogenated alkanes) is 1. The van der Waals surface area contributed by atoms with Crippen LogP contribution in [0.3, 0.4) is 0 Å². The van der Waals surface area contributed by atoms with E-state index < -0.39 is 0 Å². The molecular weight excluding hydrogens is 238 g/mol. The van der Waals surface area contributed by atoms with E-state index in [9.17, 15) is 5.11 Å². The van der Waals surface area contributed by atoms with Gasteiger partial charge in [-0.3, -0.25) is 0 Å². The third-order valence-electron chi connectivity index (χ3n) is 3.54. The Hall–Kier alpha value is -1.06. The molecule has 1 atom stereocenters. The lowest BCUT2D eigenvalue weighted by molar-refractivity contribution is 0.169. The van der Waals surface area contributed by atoms with Crippen LogP contribution in [0, 0.1) is 0 Å². The van der Waals surface area contributed by atoms with Crippen molar-refractivity contribution in [1.82, 2.24) is 5.32 Å². The SMILES string of the molecule is CCCCOc1ccc(CNC(C)(CC)CO)cc1. The van der Waals surface area contributed by atoms with Gasteiger partial charge in [0.25, 0.3) is 0 Å². The molecule has 1 aromatic rings. The van der Waals surface area contributed by atoms with E-state index in [1.54, 1.807) is 0 Å². The molecule has 0 amide bonds. The Kier molecular flexibility index (Phi) is 6.89. The van der Waals surface area contributed by atoms with Gasteiger partial charge in [0.05, 0.1) is 13.2 Å². The Labute approximate surface area is 117 Å². The van der Waals surface area contributed by atoms with Crippen molar-refractivity contribution in [2.45, 2.75) is 52.1 Å². The molecule has 108 valence electrons. The highest BCUT2D eigenvalue weighted by Gasteiger charge is 2.19. The predicted molar refractivity (Wildman–Crippen MR) is 79.5 cm³/mol. The van der Waals surface area contributed by atoms with Crippen molar-refractivity contribution in [2.24, 2.45) is 0 Å². The van der Waals surface area contributed by atoms with Crippen LogP contribution >= 0.6 is 0 Å². The molecule has 0 saturated heterocycles. The molecule has 0 radical (unpaired) electrons. The molecule has 3 nitrogen and oxygen atoms in total. The number of rotatable bonds is 9. The summed E-state index contributed by atoms with van der Waals surface area (Å²) in [6.45, 7) is 7.97. The lowest BCUT2D eigenvalue weighted by Gasteiger charge is -2.27. The normalized spacial score (nSPS) is 14.1. The smallest absolute Gasteiger partial charge is 0.119 e. The van der Waals surface area contributed by atoms with Crippen molar-refractivity contribution >= 4 is 0 Å². The van der Waals surface area contributed by atoms with E-state index in [1.807, 2.05) is 19.1 Å². The molecule has 1 rings (SSSR count). The number of hydrogen-bond acceptors (Lipinski definition) is 3. The van der Waals surface area contributed by atoms with Crippen molar-refractivity contribution < 1.29 is 9.84 Å². The standard InChI is InChI=1S/C16H27NO2/c1-4-6-11-19-15-9-7-14(8-10-15)12-17-16(3,5-2)13-18/h7-10,17-18H,4-6,11-13H2,1-3H3. The lowest BCUT2D eigenvalue weighted by atomic mass is 10.00. The molecule has 0 heterocycles. The summed E-state index contributed by atoms with van der Waals surface area (Å²) >= 11 is 0. The summed E-state index contributed by atoms with van der Waals surface area (Å²) in [6.07, 6.45) is 3.15. The Bertz CT molecular complexity index is 344. The average Bonchev–Trinajstić information content (AvgIpc) is 2.46. The molecule has 0 spiro atoms. The van der Waals surface area contributed by atoms with Crippen molar-refractivity contribution in [1.29, 1.82) is 0 Å². The Morgan fingerprint density at radius 1 is 1.21 bits per heavy atom. The summed E-state index contributed by atoms with van der Waals surface area (Å²) in [5.74, 6) is 0.928. The van der Waals surface area contributed by atoms with Crippen molar-refractivity contribution in [3.05, 3.63) is 29.8 Å². The van der Waals surface area contributed by atoms with Crippen LogP contribution in [-0.4, -0.2) is 23.9 Å². The van der Waals surface area contributed by atoms with E-state index in [2.05, 4.69) is 31.3 Å². The third kappa shape index (κ3) is 5.62.